The molecule has 1 aromatic carbocycles. The van der Waals surface area contributed by atoms with Crippen molar-refractivity contribution in [3.05, 3.63) is 48.3 Å². The topological polar surface area (TPSA) is 58.6 Å². The molecule has 1 aromatic heterocycles. The Morgan fingerprint density at radius 1 is 1.08 bits per heavy atom. The Morgan fingerprint density at radius 2 is 1.75 bits per heavy atom. The van der Waals surface area contributed by atoms with Crippen molar-refractivity contribution in [2.45, 2.75) is 6.92 Å². The predicted molar refractivity (Wildman–Crippen MR) is 92.6 cm³/mol. The Morgan fingerprint density at radius 3 is 2.38 bits per heavy atom. The fraction of sp³-hybridized carbons (Fsp3) is 0.389. The maximum absolute atomic E-state index is 12.4. The maximum atomic E-state index is 12.4. The average molecular weight is 326 g/mol. The zero-order valence-electron chi connectivity index (χ0n) is 13.9. The highest BCUT2D eigenvalue weighted by Gasteiger charge is 2.20. The second-order valence-corrected chi connectivity index (χ2v) is 5.69. The van der Waals surface area contributed by atoms with Crippen molar-refractivity contribution in [1.82, 2.24) is 14.9 Å². The summed E-state index contributed by atoms with van der Waals surface area (Å²) >= 11 is 0. The lowest BCUT2D eigenvalue weighted by atomic mass is 10.1. The summed E-state index contributed by atoms with van der Waals surface area (Å²) in [6, 6.07) is 9.18. The second-order valence-electron chi connectivity index (χ2n) is 5.69. The fourth-order valence-electron chi connectivity index (χ4n) is 2.76. The Kier molecular flexibility index (Phi) is 5.38. The van der Waals surface area contributed by atoms with Crippen molar-refractivity contribution >= 4 is 11.7 Å². The quantitative estimate of drug-likeness (QED) is 0.756. The highest BCUT2D eigenvalue weighted by Crippen LogP contribution is 2.14. The molecule has 2 aromatic rings. The van der Waals surface area contributed by atoms with E-state index in [-0.39, 0.29) is 5.78 Å². The number of aromatic nitrogens is 2. The van der Waals surface area contributed by atoms with Gasteiger partial charge in [-0.3, -0.25) is 9.69 Å². The summed E-state index contributed by atoms with van der Waals surface area (Å²) in [5, 5.41) is 0. The minimum Gasteiger partial charge on any atom is -0.494 e. The normalized spacial score (nSPS) is 15.3. The first-order valence-corrected chi connectivity index (χ1v) is 8.26. The van der Waals surface area contributed by atoms with Crippen molar-refractivity contribution in [3.63, 3.8) is 0 Å². The van der Waals surface area contributed by atoms with Crippen molar-refractivity contribution in [2.24, 2.45) is 0 Å². The Bertz CT molecular complexity index is 652. The molecule has 2 heterocycles. The van der Waals surface area contributed by atoms with E-state index in [4.69, 9.17) is 4.74 Å². The van der Waals surface area contributed by atoms with E-state index < -0.39 is 0 Å². The van der Waals surface area contributed by atoms with E-state index >= 15 is 0 Å². The first-order chi connectivity index (χ1) is 11.8. The maximum Gasteiger partial charge on any atom is 0.225 e. The number of ether oxygens (including phenoxy) is 1. The minimum absolute atomic E-state index is 0.141. The summed E-state index contributed by atoms with van der Waals surface area (Å²) in [5.74, 6) is 1.70. The first-order valence-electron chi connectivity index (χ1n) is 8.26. The summed E-state index contributed by atoms with van der Waals surface area (Å²) in [6.07, 6.45) is 3.51. The smallest absolute Gasteiger partial charge is 0.225 e. The third kappa shape index (κ3) is 4.08. The molecule has 3 rings (SSSR count). The molecular formula is C18H22N4O2. The molecule has 1 aliphatic heterocycles. The van der Waals surface area contributed by atoms with E-state index in [2.05, 4.69) is 19.8 Å². The number of ketones is 1. The molecule has 126 valence electrons. The van der Waals surface area contributed by atoms with Crippen LogP contribution in [0.15, 0.2) is 42.7 Å². The molecule has 0 N–H and O–H groups in total. The van der Waals surface area contributed by atoms with Gasteiger partial charge in [-0.1, -0.05) is 0 Å². The molecule has 0 spiro atoms. The van der Waals surface area contributed by atoms with Crippen LogP contribution in [0.25, 0.3) is 0 Å². The third-order valence-corrected chi connectivity index (χ3v) is 4.06. The molecule has 6 heteroatoms. The van der Waals surface area contributed by atoms with Gasteiger partial charge in [-0.05, 0) is 37.3 Å². The van der Waals surface area contributed by atoms with Gasteiger partial charge < -0.3 is 9.64 Å². The van der Waals surface area contributed by atoms with Crippen LogP contribution in [0.3, 0.4) is 0 Å². The van der Waals surface area contributed by atoms with Crippen molar-refractivity contribution < 1.29 is 9.53 Å². The van der Waals surface area contributed by atoms with Gasteiger partial charge >= 0.3 is 0 Å². The van der Waals surface area contributed by atoms with Gasteiger partial charge in [0.25, 0.3) is 0 Å². The Hall–Kier alpha value is -2.47. The zero-order valence-corrected chi connectivity index (χ0v) is 13.9. The van der Waals surface area contributed by atoms with Gasteiger partial charge in [0, 0.05) is 44.1 Å². The molecule has 1 saturated heterocycles. The number of rotatable bonds is 6. The largest absolute Gasteiger partial charge is 0.494 e. The molecule has 0 radical (unpaired) electrons. The van der Waals surface area contributed by atoms with E-state index in [0.29, 0.717) is 13.2 Å². The van der Waals surface area contributed by atoms with Crippen LogP contribution in [-0.2, 0) is 0 Å². The minimum atomic E-state index is 0.141. The standard InChI is InChI=1S/C18H22N4O2/c1-2-24-16-6-4-15(5-7-16)17(23)14-21-10-12-22(13-11-21)18-19-8-3-9-20-18/h3-9H,2,10-14H2,1H3. The van der Waals surface area contributed by atoms with Crippen LogP contribution in [0, 0.1) is 0 Å². The molecule has 0 atom stereocenters. The average Bonchev–Trinajstić information content (AvgIpc) is 2.64. The van der Waals surface area contributed by atoms with Crippen molar-refractivity contribution in [3.8, 4) is 5.75 Å². The molecular weight excluding hydrogens is 304 g/mol. The Labute approximate surface area is 142 Å². The molecule has 1 aliphatic rings. The van der Waals surface area contributed by atoms with Gasteiger partial charge in [-0.2, -0.15) is 0 Å². The van der Waals surface area contributed by atoms with E-state index in [1.807, 2.05) is 37.3 Å². The molecule has 6 nitrogen and oxygen atoms in total. The van der Waals surface area contributed by atoms with E-state index in [9.17, 15) is 4.79 Å². The van der Waals surface area contributed by atoms with Gasteiger partial charge in [0.2, 0.25) is 5.95 Å². The number of piperazine rings is 1. The van der Waals surface area contributed by atoms with Crippen LogP contribution in [0.5, 0.6) is 5.75 Å². The highest BCUT2D eigenvalue weighted by molar-refractivity contribution is 5.97. The lowest BCUT2D eigenvalue weighted by Crippen LogP contribution is -2.48. The molecule has 1 fully saturated rings. The molecule has 0 aliphatic carbocycles. The number of hydrogen-bond donors (Lipinski definition) is 0. The predicted octanol–water partition coefficient (Wildman–Crippen LogP) is 1.88. The number of Topliss-reactive ketones (excluding diaryl/α,β-unsaturated/α-hetero) is 1. The molecule has 0 amide bonds. The third-order valence-electron chi connectivity index (χ3n) is 4.06. The van der Waals surface area contributed by atoms with Crippen LogP contribution < -0.4 is 9.64 Å². The lowest BCUT2D eigenvalue weighted by Gasteiger charge is -2.34. The zero-order chi connectivity index (χ0) is 16.8. The van der Waals surface area contributed by atoms with E-state index in [0.717, 1.165) is 43.4 Å². The molecule has 0 saturated carbocycles. The number of hydrogen-bond acceptors (Lipinski definition) is 6. The summed E-state index contributed by atoms with van der Waals surface area (Å²) in [5.41, 5.74) is 0.729. The van der Waals surface area contributed by atoms with E-state index in [1.165, 1.54) is 0 Å². The van der Waals surface area contributed by atoms with Gasteiger partial charge in [0.15, 0.2) is 5.78 Å². The number of benzene rings is 1. The number of carbonyl (C=O) groups excluding carboxylic acids is 1. The number of nitrogens with zero attached hydrogens (tertiary/aromatic N) is 4. The summed E-state index contributed by atoms with van der Waals surface area (Å²) in [4.78, 5) is 25.3. The van der Waals surface area contributed by atoms with E-state index in [1.54, 1.807) is 12.4 Å². The molecule has 0 bridgehead atoms. The van der Waals surface area contributed by atoms with Crippen LogP contribution in [-0.4, -0.2) is 60.0 Å². The van der Waals surface area contributed by atoms with Crippen LogP contribution in [0.1, 0.15) is 17.3 Å². The number of carbonyl (C=O) groups is 1. The first kappa shape index (κ1) is 16.4. The van der Waals surface area contributed by atoms with Crippen molar-refractivity contribution in [2.75, 3.05) is 44.2 Å². The highest BCUT2D eigenvalue weighted by atomic mass is 16.5. The van der Waals surface area contributed by atoms with Gasteiger partial charge in [-0.25, -0.2) is 9.97 Å². The van der Waals surface area contributed by atoms with Gasteiger partial charge in [0.05, 0.1) is 13.2 Å². The second kappa shape index (κ2) is 7.88. The summed E-state index contributed by atoms with van der Waals surface area (Å²) in [6.45, 7) is 6.35. The van der Waals surface area contributed by atoms with Crippen LogP contribution >= 0.6 is 0 Å². The van der Waals surface area contributed by atoms with Crippen molar-refractivity contribution in [1.29, 1.82) is 0 Å². The van der Waals surface area contributed by atoms with Crippen LogP contribution in [0.4, 0.5) is 5.95 Å². The van der Waals surface area contributed by atoms with Crippen LogP contribution in [0.2, 0.25) is 0 Å². The SMILES string of the molecule is CCOc1ccc(C(=O)CN2CCN(c3ncccn3)CC2)cc1. The van der Waals surface area contributed by atoms with Gasteiger partial charge in [0.1, 0.15) is 5.75 Å². The monoisotopic (exact) mass is 326 g/mol. The lowest BCUT2D eigenvalue weighted by molar-refractivity contribution is 0.0926. The number of anilines is 1. The summed E-state index contributed by atoms with van der Waals surface area (Å²) < 4.78 is 5.41. The van der Waals surface area contributed by atoms with Gasteiger partial charge in [-0.15, -0.1) is 0 Å². The summed E-state index contributed by atoms with van der Waals surface area (Å²) in [7, 11) is 0. The Balaban J connectivity index is 1.51. The molecule has 24 heavy (non-hydrogen) atoms. The fourth-order valence-corrected chi connectivity index (χ4v) is 2.76. The molecule has 0 unspecified atom stereocenters.